The van der Waals surface area contributed by atoms with Gasteiger partial charge in [-0.1, -0.05) is 49.6 Å². The monoisotopic (exact) mass is 302 g/mol. The van der Waals surface area contributed by atoms with Crippen LogP contribution in [0.2, 0.25) is 0 Å². The molecule has 0 radical (unpaired) electrons. The van der Waals surface area contributed by atoms with Gasteiger partial charge in [-0.3, -0.25) is 5.32 Å². The molecule has 2 rings (SSSR count). The van der Waals surface area contributed by atoms with E-state index < -0.39 is 5.54 Å². The summed E-state index contributed by atoms with van der Waals surface area (Å²) >= 11 is 1.98. The predicted octanol–water partition coefficient (Wildman–Crippen LogP) is 4.47. The van der Waals surface area contributed by atoms with Crippen LogP contribution in [0.5, 0.6) is 0 Å². The van der Waals surface area contributed by atoms with Crippen LogP contribution in [0.1, 0.15) is 51.5 Å². The first-order valence-corrected chi connectivity index (χ1v) is 9.07. The van der Waals surface area contributed by atoms with E-state index in [1.165, 1.54) is 32.1 Å². The average molecular weight is 302 g/mol. The highest BCUT2D eigenvalue weighted by Crippen LogP contribution is 2.33. The van der Waals surface area contributed by atoms with Gasteiger partial charge in [0.25, 0.3) is 0 Å². The second-order valence-corrected chi connectivity index (χ2v) is 7.54. The van der Waals surface area contributed by atoms with E-state index in [4.69, 9.17) is 0 Å². The molecule has 0 aliphatic heterocycles. The van der Waals surface area contributed by atoms with E-state index in [2.05, 4.69) is 37.4 Å². The van der Waals surface area contributed by atoms with E-state index in [0.717, 1.165) is 16.6 Å². The maximum absolute atomic E-state index is 9.88. The van der Waals surface area contributed by atoms with E-state index in [9.17, 15) is 5.26 Å². The number of rotatable bonds is 6. The number of nitrogens with zero attached hydrogens (tertiary/aromatic N) is 1. The second kappa shape index (κ2) is 7.87. The molecule has 0 amide bonds. The van der Waals surface area contributed by atoms with Crippen molar-refractivity contribution in [3.8, 4) is 6.07 Å². The van der Waals surface area contributed by atoms with Gasteiger partial charge in [-0.2, -0.15) is 17.0 Å². The lowest BCUT2D eigenvalue weighted by molar-refractivity contribution is 0.423. The normalized spacial score (nSPS) is 19.1. The first kappa shape index (κ1) is 16.4. The van der Waals surface area contributed by atoms with Crippen molar-refractivity contribution in [2.45, 2.75) is 62.8 Å². The van der Waals surface area contributed by atoms with Crippen molar-refractivity contribution in [2.75, 3.05) is 5.75 Å². The van der Waals surface area contributed by atoms with Crippen LogP contribution in [-0.4, -0.2) is 17.0 Å². The van der Waals surface area contributed by atoms with E-state index in [1.807, 2.05) is 30.0 Å². The zero-order valence-corrected chi connectivity index (χ0v) is 14.0. The van der Waals surface area contributed by atoms with Crippen LogP contribution in [0.25, 0.3) is 0 Å². The number of thioether (sulfide) groups is 1. The second-order valence-electron chi connectivity index (χ2n) is 6.25. The van der Waals surface area contributed by atoms with Crippen molar-refractivity contribution in [1.82, 2.24) is 5.32 Å². The molecule has 21 heavy (non-hydrogen) atoms. The SMILES string of the molecule is CC(C)NC(C#N)(CSC1CCCCC1)c1ccccc1. The summed E-state index contributed by atoms with van der Waals surface area (Å²) in [6.45, 7) is 4.22. The van der Waals surface area contributed by atoms with Gasteiger partial charge in [0.05, 0.1) is 6.07 Å². The zero-order valence-electron chi connectivity index (χ0n) is 13.1. The van der Waals surface area contributed by atoms with Gasteiger partial charge < -0.3 is 0 Å². The Morgan fingerprint density at radius 3 is 2.48 bits per heavy atom. The molecule has 0 bridgehead atoms. The minimum atomic E-state index is -0.572. The summed E-state index contributed by atoms with van der Waals surface area (Å²) in [6.07, 6.45) is 6.69. The van der Waals surface area contributed by atoms with E-state index in [0.29, 0.717) is 0 Å². The summed E-state index contributed by atoms with van der Waals surface area (Å²) in [7, 11) is 0. The zero-order chi connectivity index (χ0) is 15.1. The molecule has 0 heterocycles. The molecule has 3 heteroatoms. The van der Waals surface area contributed by atoms with Crippen molar-refractivity contribution in [3.63, 3.8) is 0 Å². The van der Waals surface area contributed by atoms with Crippen molar-refractivity contribution < 1.29 is 0 Å². The fourth-order valence-corrected chi connectivity index (χ4v) is 4.49. The van der Waals surface area contributed by atoms with Gasteiger partial charge in [0.2, 0.25) is 0 Å². The molecule has 0 aromatic heterocycles. The maximum atomic E-state index is 9.88. The lowest BCUT2D eigenvalue weighted by Crippen LogP contribution is -2.47. The molecule has 1 saturated carbocycles. The number of benzene rings is 1. The summed E-state index contributed by atoms with van der Waals surface area (Å²) in [6, 6.07) is 13.1. The van der Waals surface area contributed by atoms with E-state index in [-0.39, 0.29) is 6.04 Å². The highest BCUT2D eigenvalue weighted by Gasteiger charge is 2.33. The van der Waals surface area contributed by atoms with Gasteiger partial charge in [-0.05, 0) is 32.3 Å². The Labute approximate surface area is 133 Å². The standard InChI is InChI=1S/C18H26N2S/c1-15(2)20-18(13-19,16-9-5-3-6-10-16)14-21-17-11-7-4-8-12-17/h3,5-6,9-10,15,17,20H,4,7-8,11-12,14H2,1-2H3. The minimum Gasteiger partial charge on any atom is -0.293 e. The van der Waals surface area contributed by atoms with Gasteiger partial charge in [0.15, 0.2) is 0 Å². The van der Waals surface area contributed by atoms with Crippen LogP contribution in [0.15, 0.2) is 30.3 Å². The Kier molecular flexibility index (Phi) is 6.14. The number of hydrogen-bond acceptors (Lipinski definition) is 3. The van der Waals surface area contributed by atoms with Crippen molar-refractivity contribution in [3.05, 3.63) is 35.9 Å². The summed E-state index contributed by atoms with van der Waals surface area (Å²) in [5, 5.41) is 14.1. The van der Waals surface area contributed by atoms with Gasteiger partial charge >= 0.3 is 0 Å². The highest BCUT2D eigenvalue weighted by atomic mass is 32.2. The molecular weight excluding hydrogens is 276 g/mol. The third-order valence-corrected chi connectivity index (χ3v) is 5.62. The molecule has 2 nitrogen and oxygen atoms in total. The average Bonchev–Trinajstić information content (AvgIpc) is 2.53. The summed E-state index contributed by atoms with van der Waals surface area (Å²) in [5.41, 5.74) is 0.516. The Morgan fingerprint density at radius 2 is 1.90 bits per heavy atom. The van der Waals surface area contributed by atoms with Gasteiger partial charge in [-0.25, -0.2) is 0 Å². The quantitative estimate of drug-likeness (QED) is 0.842. The number of hydrogen-bond donors (Lipinski definition) is 1. The molecule has 1 N–H and O–H groups in total. The molecule has 114 valence electrons. The molecule has 1 aromatic rings. The molecule has 1 fully saturated rings. The smallest absolute Gasteiger partial charge is 0.141 e. The summed E-state index contributed by atoms with van der Waals surface area (Å²) in [4.78, 5) is 0. The molecule has 1 unspecified atom stereocenters. The van der Waals surface area contributed by atoms with Crippen LogP contribution >= 0.6 is 11.8 Å². The summed E-state index contributed by atoms with van der Waals surface area (Å²) in [5.74, 6) is 0.830. The van der Waals surface area contributed by atoms with E-state index in [1.54, 1.807) is 0 Å². The molecule has 0 saturated heterocycles. The molecule has 1 aliphatic carbocycles. The molecule has 1 atom stereocenters. The lowest BCUT2D eigenvalue weighted by atomic mass is 9.92. The Hall–Kier alpha value is -0.980. The predicted molar refractivity (Wildman–Crippen MR) is 91.3 cm³/mol. The topological polar surface area (TPSA) is 35.8 Å². The highest BCUT2D eigenvalue weighted by molar-refractivity contribution is 7.99. The van der Waals surface area contributed by atoms with Crippen LogP contribution in [0.4, 0.5) is 0 Å². The number of nitrogens with one attached hydrogen (secondary N) is 1. The molecule has 0 spiro atoms. The van der Waals surface area contributed by atoms with Crippen molar-refractivity contribution in [1.29, 1.82) is 5.26 Å². The fourth-order valence-electron chi connectivity index (χ4n) is 3.03. The Bertz CT molecular complexity index is 460. The third-order valence-electron chi connectivity index (χ3n) is 4.08. The lowest BCUT2D eigenvalue weighted by Gasteiger charge is -2.32. The van der Waals surface area contributed by atoms with Crippen LogP contribution in [0.3, 0.4) is 0 Å². The Morgan fingerprint density at radius 1 is 1.24 bits per heavy atom. The molecule has 1 aliphatic rings. The largest absolute Gasteiger partial charge is 0.293 e. The van der Waals surface area contributed by atoms with Gasteiger partial charge in [0.1, 0.15) is 5.54 Å². The molecular formula is C18H26N2S. The first-order chi connectivity index (χ1) is 10.2. The third kappa shape index (κ3) is 4.49. The van der Waals surface area contributed by atoms with Gasteiger partial charge in [-0.15, -0.1) is 0 Å². The summed E-state index contributed by atoms with van der Waals surface area (Å²) < 4.78 is 0. The minimum absolute atomic E-state index is 0.289. The van der Waals surface area contributed by atoms with Crippen LogP contribution in [-0.2, 0) is 5.54 Å². The van der Waals surface area contributed by atoms with Crippen molar-refractivity contribution >= 4 is 11.8 Å². The van der Waals surface area contributed by atoms with E-state index >= 15 is 0 Å². The maximum Gasteiger partial charge on any atom is 0.141 e. The van der Waals surface area contributed by atoms with Crippen LogP contribution < -0.4 is 5.32 Å². The molecule has 1 aromatic carbocycles. The fraction of sp³-hybridized carbons (Fsp3) is 0.611. The first-order valence-electron chi connectivity index (χ1n) is 8.02. The van der Waals surface area contributed by atoms with Gasteiger partial charge in [0, 0.05) is 17.0 Å². The van der Waals surface area contributed by atoms with Crippen LogP contribution in [0, 0.1) is 11.3 Å². The van der Waals surface area contributed by atoms with Crippen molar-refractivity contribution in [2.24, 2.45) is 0 Å². The number of nitriles is 1. The Balaban J connectivity index is 2.13.